The second-order valence-corrected chi connectivity index (χ2v) is 7.70. The van der Waals surface area contributed by atoms with Crippen LogP contribution >= 0.6 is 0 Å². The van der Waals surface area contributed by atoms with Crippen molar-refractivity contribution in [2.45, 2.75) is 25.3 Å². The van der Waals surface area contributed by atoms with E-state index in [0.29, 0.717) is 24.4 Å². The van der Waals surface area contributed by atoms with Crippen LogP contribution in [-0.2, 0) is 16.6 Å². The van der Waals surface area contributed by atoms with E-state index in [0.717, 1.165) is 6.07 Å². The van der Waals surface area contributed by atoms with Crippen molar-refractivity contribution in [3.63, 3.8) is 0 Å². The van der Waals surface area contributed by atoms with Crippen LogP contribution in [0.15, 0.2) is 47.4 Å². The van der Waals surface area contributed by atoms with Crippen molar-refractivity contribution in [2.75, 3.05) is 20.2 Å². The van der Waals surface area contributed by atoms with Crippen molar-refractivity contribution in [3.05, 3.63) is 59.4 Å². The van der Waals surface area contributed by atoms with E-state index in [2.05, 4.69) is 5.32 Å². The zero-order chi connectivity index (χ0) is 20.0. The molecule has 0 atom stereocenters. The molecule has 0 saturated carbocycles. The Kier molecular flexibility index (Phi) is 6.92. The number of methoxy groups -OCH3 is 1. The zero-order valence-electron chi connectivity index (χ0n) is 15.5. The molecule has 2 aromatic carbocycles. The average molecular weight is 394 g/mol. The minimum absolute atomic E-state index is 0.0865. The van der Waals surface area contributed by atoms with E-state index >= 15 is 0 Å². The summed E-state index contributed by atoms with van der Waals surface area (Å²) in [5, 5.41) is 2.62. The number of halogens is 1. The summed E-state index contributed by atoms with van der Waals surface area (Å²) in [6.45, 7) is 4.50. The molecule has 0 aliphatic carbocycles. The van der Waals surface area contributed by atoms with Crippen molar-refractivity contribution >= 4 is 15.9 Å². The molecule has 0 aliphatic heterocycles. The maximum absolute atomic E-state index is 13.9. The van der Waals surface area contributed by atoms with Gasteiger partial charge < -0.3 is 10.1 Å². The fourth-order valence-electron chi connectivity index (χ4n) is 2.58. The first-order chi connectivity index (χ1) is 12.8. The molecule has 0 radical (unpaired) electrons. The maximum Gasteiger partial charge on any atom is 0.254 e. The fourth-order valence-corrected chi connectivity index (χ4v) is 4.03. The zero-order valence-corrected chi connectivity index (χ0v) is 16.3. The Hall–Kier alpha value is -2.45. The Bertz CT molecular complexity index is 894. The highest BCUT2D eigenvalue weighted by atomic mass is 32.2. The predicted molar refractivity (Wildman–Crippen MR) is 101 cm³/mol. The van der Waals surface area contributed by atoms with Crippen molar-refractivity contribution < 1.29 is 22.3 Å². The number of ether oxygens (including phenoxy) is 1. The Morgan fingerprint density at radius 3 is 2.26 bits per heavy atom. The molecule has 0 aliphatic rings. The van der Waals surface area contributed by atoms with Crippen LogP contribution in [-0.4, -0.2) is 38.8 Å². The van der Waals surface area contributed by atoms with Crippen LogP contribution in [0.5, 0.6) is 5.75 Å². The molecule has 8 heteroatoms. The molecule has 0 spiro atoms. The molecular weight excluding hydrogens is 371 g/mol. The van der Waals surface area contributed by atoms with E-state index < -0.39 is 21.7 Å². The van der Waals surface area contributed by atoms with Crippen molar-refractivity contribution in [3.8, 4) is 5.75 Å². The van der Waals surface area contributed by atoms with Gasteiger partial charge in [0.15, 0.2) is 0 Å². The lowest BCUT2D eigenvalue weighted by Crippen LogP contribution is -2.30. The largest absolute Gasteiger partial charge is 0.497 e. The smallest absolute Gasteiger partial charge is 0.254 e. The molecule has 0 saturated heterocycles. The summed E-state index contributed by atoms with van der Waals surface area (Å²) in [6, 6.07) is 10.3. The third-order valence-electron chi connectivity index (χ3n) is 4.14. The third-order valence-corrected chi connectivity index (χ3v) is 6.20. The van der Waals surface area contributed by atoms with Gasteiger partial charge in [0.1, 0.15) is 11.6 Å². The highest BCUT2D eigenvalue weighted by molar-refractivity contribution is 7.89. The summed E-state index contributed by atoms with van der Waals surface area (Å²) in [7, 11) is -2.10. The van der Waals surface area contributed by atoms with Crippen LogP contribution in [0, 0.1) is 5.82 Å². The second-order valence-electron chi connectivity index (χ2n) is 5.76. The molecule has 27 heavy (non-hydrogen) atoms. The van der Waals surface area contributed by atoms with Gasteiger partial charge in [-0.25, -0.2) is 12.8 Å². The van der Waals surface area contributed by atoms with Crippen LogP contribution in [0.4, 0.5) is 4.39 Å². The molecule has 1 amide bonds. The van der Waals surface area contributed by atoms with Crippen molar-refractivity contribution in [1.82, 2.24) is 9.62 Å². The van der Waals surface area contributed by atoms with Gasteiger partial charge in [0.25, 0.3) is 5.91 Å². The van der Waals surface area contributed by atoms with Crippen LogP contribution in [0.2, 0.25) is 0 Å². The minimum atomic E-state index is -3.52. The van der Waals surface area contributed by atoms with E-state index in [1.807, 2.05) is 0 Å². The summed E-state index contributed by atoms with van der Waals surface area (Å²) in [6.07, 6.45) is 0. The lowest BCUT2D eigenvalue weighted by atomic mass is 10.1. The fraction of sp³-hybridized carbons (Fsp3) is 0.316. The highest BCUT2D eigenvalue weighted by Gasteiger charge is 2.21. The molecular formula is C19H23FN2O4S. The summed E-state index contributed by atoms with van der Waals surface area (Å²) >= 11 is 0. The Morgan fingerprint density at radius 2 is 1.74 bits per heavy atom. The Balaban J connectivity index is 2.06. The quantitative estimate of drug-likeness (QED) is 0.747. The number of carbonyl (C=O) groups is 1. The summed E-state index contributed by atoms with van der Waals surface area (Å²) in [5.74, 6) is -0.906. The maximum atomic E-state index is 13.9. The molecule has 6 nitrogen and oxygen atoms in total. The number of carbonyl (C=O) groups excluding carboxylic acids is 1. The molecule has 2 aromatic rings. The predicted octanol–water partition coefficient (Wildman–Crippen LogP) is 2.79. The monoisotopic (exact) mass is 394 g/mol. The lowest BCUT2D eigenvalue weighted by Gasteiger charge is -2.18. The number of benzene rings is 2. The van der Waals surface area contributed by atoms with Gasteiger partial charge in [-0.1, -0.05) is 26.0 Å². The molecule has 2 rings (SSSR count). The van der Waals surface area contributed by atoms with Gasteiger partial charge in [0.05, 0.1) is 17.6 Å². The molecule has 0 heterocycles. The summed E-state index contributed by atoms with van der Waals surface area (Å²) in [5.41, 5.74) is 0.618. The summed E-state index contributed by atoms with van der Waals surface area (Å²) in [4.78, 5) is 12.3. The van der Waals surface area contributed by atoms with Crippen LogP contribution < -0.4 is 10.1 Å². The summed E-state index contributed by atoms with van der Waals surface area (Å²) < 4.78 is 45.1. The van der Waals surface area contributed by atoms with E-state index in [4.69, 9.17) is 4.74 Å². The Morgan fingerprint density at radius 1 is 1.11 bits per heavy atom. The SMILES string of the molecule is CCN(CC)S(=O)(=O)c1ccc(CNC(=O)c2ccc(OC)cc2F)cc1. The van der Waals surface area contributed by atoms with Crippen molar-refractivity contribution in [2.24, 2.45) is 0 Å². The minimum Gasteiger partial charge on any atom is -0.497 e. The topological polar surface area (TPSA) is 75.7 Å². The van der Waals surface area contributed by atoms with Gasteiger partial charge in [-0.05, 0) is 29.8 Å². The van der Waals surface area contributed by atoms with Gasteiger partial charge in [0.2, 0.25) is 10.0 Å². The van der Waals surface area contributed by atoms with Crippen LogP contribution in [0.1, 0.15) is 29.8 Å². The Labute approximate surface area is 159 Å². The number of nitrogens with zero attached hydrogens (tertiary/aromatic N) is 1. The van der Waals surface area contributed by atoms with E-state index in [1.165, 1.54) is 35.7 Å². The number of amides is 1. The molecule has 0 bridgehead atoms. The first kappa shape index (κ1) is 20.9. The van der Waals surface area contributed by atoms with Gasteiger partial charge in [-0.3, -0.25) is 4.79 Å². The van der Waals surface area contributed by atoms with E-state index in [9.17, 15) is 17.6 Å². The highest BCUT2D eigenvalue weighted by Crippen LogP contribution is 2.18. The number of hydrogen-bond acceptors (Lipinski definition) is 4. The second kappa shape index (κ2) is 8.96. The van der Waals surface area contributed by atoms with Gasteiger partial charge in [-0.15, -0.1) is 0 Å². The lowest BCUT2D eigenvalue weighted by molar-refractivity contribution is 0.0947. The van der Waals surface area contributed by atoms with Crippen LogP contribution in [0.25, 0.3) is 0 Å². The van der Waals surface area contributed by atoms with Gasteiger partial charge in [-0.2, -0.15) is 4.31 Å². The van der Waals surface area contributed by atoms with Gasteiger partial charge >= 0.3 is 0 Å². The molecule has 0 fully saturated rings. The molecule has 0 aromatic heterocycles. The normalized spacial score (nSPS) is 11.4. The van der Waals surface area contributed by atoms with Crippen molar-refractivity contribution in [1.29, 1.82) is 0 Å². The van der Waals surface area contributed by atoms with Gasteiger partial charge in [0, 0.05) is 25.7 Å². The number of nitrogens with one attached hydrogen (secondary N) is 1. The number of hydrogen-bond donors (Lipinski definition) is 1. The standard InChI is InChI=1S/C19H23FN2O4S/c1-4-22(5-2)27(24,25)16-9-6-14(7-10-16)13-21-19(23)17-11-8-15(26-3)12-18(17)20/h6-12H,4-5,13H2,1-3H3,(H,21,23). The molecule has 0 unspecified atom stereocenters. The average Bonchev–Trinajstić information content (AvgIpc) is 2.67. The number of rotatable bonds is 8. The first-order valence-electron chi connectivity index (χ1n) is 8.54. The number of sulfonamides is 1. The third kappa shape index (κ3) is 4.84. The van der Waals surface area contributed by atoms with Crippen LogP contribution in [0.3, 0.4) is 0 Å². The van der Waals surface area contributed by atoms with E-state index in [-0.39, 0.29) is 17.0 Å². The molecule has 146 valence electrons. The molecule has 1 N–H and O–H groups in total. The first-order valence-corrected chi connectivity index (χ1v) is 9.98. The van der Waals surface area contributed by atoms with E-state index in [1.54, 1.807) is 26.0 Å².